The molecule has 1 unspecified atom stereocenters. The molecule has 0 rings (SSSR count). The Morgan fingerprint density at radius 1 is 1.43 bits per heavy atom. The summed E-state index contributed by atoms with van der Waals surface area (Å²) in [4.78, 5) is 10.8. The fraction of sp³-hybridized carbons (Fsp3) is 0.833. The molecule has 0 aliphatic heterocycles. The molecular weight excluding hydrogens is 222 g/mol. The van der Waals surface area contributed by atoms with Gasteiger partial charge in [-0.25, -0.2) is 13.6 Å². The molecule has 0 saturated carbocycles. The summed E-state index contributed by atoms with van der Waals surface area (Å²) < 4.78 is 53.1. The van der Waals surface area contributed by atoms with E-state index < -0.39 is 35.0 Å². The van der Waals surface area contributed by atoms with E-state index in [1.54, 1.807) is 0 Å². The van der Waals surface area contributed by atoms with Crippen LogP contribution in [-0.4, -0.2) is 40.3 Å². The smallest absolute Gasteiger partial charge is 0.336 e. The molecule has 0 fully saturated rings. The zero-order chi connectivity index (χ0) is 11.4. The van der Waals surface area contributed by atoms with Gasteiger partial charge >= 0.3 is 5.97 Å². The number of methoxy groups -OCH3 is 1. The largest absolute Gasteiger partial charge is 0.467 e. The second kappa shape index (κ2) is 5.20. The summed E-state index contributed by atoms with van der Waals surface area (Å²) in [6.45, 7) is 0. The van der Waals surface area contributed by atoms with Crippen LogP contribution in [-0.2, 0) is 23.8 Å². The van der Waals surface area contributed by atoms with Gasteiger partial charge < -0.3 is 4.74 Å². The lowest BCUT2D eigenvalue weighted by atomic mass is 10.3. The van der Waals surface area contributed by atoms with E-state index in [1.165, 1.54) is 0 Å². The van der Waals surface area contributed by atoms with Crippen molar-refractivity contribution < 1.29 is 30.9 Å². The van der Waals surface area contributed by atoms with E-state index in [1.807, 2.05) is 0 Å². The highest BCUT2D eigenvalue weighted by Crippen LogP contribution is 2.11. The zero-order valence-electron chi connectivity index (χ0n) is 7.57. The normalized spacial score (nSPS) is 14.1. The SMILES string of the molecule is COC(=O)C(CC(F)F)OS(C)(=O)=O. The minimum Gasteiger partial charge on any atom is -0.467 e. The fourth-order valence-corrected chi connectivity index (χ4v) is 1.26. The number of ether oxygens (including phenoxy) is 1. The van der Waals surface area contributed by atoms with E-state index in [9.17, 15) is 22.0 Å². The molecule has 0 spiro atoms. The van der Waals surface area contributed by atoms with E-state index in [0.717, 1.165) is 7.11 Å². The second-order valence-corrected chi connectivity index (χ2v) is 4.04. The lowest BCUT2D eigenvalue weighted by Crippen LogP contribution is -2.30. The fourth-order valence-electron chi connectivity index (χ4n) is 0.679. The van der Waals surface area contributed by atoms with E-state index in [0.29, 0.717) is 6.26 Å². The van der Waals surface area contributed by atoms with Crippen LogP contribution >= 0.6 is 0 Å². The highest BCUT2D eigenvalue weighted by Gasteiger charge is 2.28. The summed E-state index contributed by atoms with van der Waals surface area (Å²) in [7, 11) is -3.01. The average molecular weight is 232 g/mol. The number of rotatable bonds is 5. The van der Waals surface area contributed by atoms with Gasteiger partial charge in [-0.1, -0.05) is 0 Å². The first-order valence-electron chi connectivity index (χ1n) is 3.50. The van der Waals surface area contributed by atoms with Crippen molar-refractivity contribution in [2.24, 2.45) is 0 Å². The maximum Gasteiger partial charge on any atom is 0.336 e. The summed E-state index contributed by atoms with van der Waals surface area (Å²) in [5.74, 6) is -1.14. The molecule has 0 radical (unpaired) electrons. The first-order valence-corrected chi connectivity index (χ1v) is 5.32. The van der Waals surface area contributed by atoms with Gasteiger partial charge in [0.25, 0.3) is 10.1 Å². The van der Waals surface area contributed by atoms with Crippen LogP contribution in [0.15, 0.2) is 0 Å². The highest BCUT2D eigenvalue weighted by molar-refractivity contribution is 7.86. The Labute approximate surface area is 80.1 Å². The van der Waals surface area contributed by atoms with Crippen molar-refractivity contribution in [2.45, 2.75) is 19.0 Å². The minimum atomic E-state index is -3.96. The molecule has 0 heterocycles. The monoisotopic (exact) mass is 232 g/mol. The Hall–Kier alpha value is -0.760. The van der Waals surface area contributed by atoms with Crippen molar-refractivity contribution >= 4 is 16.1 Å². The van der Waals surface area contributed by atoms with Crippen molar-refractivity contribution in [3.8, 4) is 0 Å². The Balaban J connectivity index is 4.48. The van der Waals surface area contributed by atoms with Gasteiger partial charge in [-0.15, -0.1) is 0 Å². The minimum absolute atomic E-state index is 0.661. The molecule has 0 bridgehead atoms. The maximum atomic E-state index is 11.9. The van der Waals surface area contributed by atoms with Gasteiger partial charge in [0.2, 0.25) is 6.43 Å². The molecular formula is C6H10F2O5S. The maximum absolute atomic E-state index is 11.9. The van der Waals surface area contributed by atoms with E-state index in [-0.39, 0.29) is 0 Å². The van der Waals surface area contributed by atoms with Crippen LogP contribution in [0.1, 0.15) is 6.42 Å². The third-order valence-corrected chi connectivity index (χ3v) is 1.73. The molecule has 0 amide bonds. The molecule has 84 valence electrons. The first-order chi connectivity index (χ1) is 6.26. The summed E-state index contributed by atoms with van der Waals surface area (Å²) in [5.41, 5.74) is 0. The van der Waals surface area contributed by atoms with Gasteiger partial charge in [-0.05, 0) is 0 Å². The summed E-state index contributed by atoms with van der Waals surface area (Å²) >= 11 is 0. The van der Waals surface area contributed by atoms with Crippen molar-refractivity contribution in [1.29, 1.82) is 0 Å². The molecule has 0 N–H and O–H groups in total. The molecule has 8 heteroatoms. The van der Waals surface area contributed by atoms with E-state index in [4.69, 9.17) is 0 Å². The van der Waals surface area contributed by atoms with Gasteiger partial charge in [0.05, 0.1) is 13.4 Å². The molecule has 1 atom stereocenters. The topological polar surface area (TPSA) is 69.7 Å². The molecule has 0 aromatic carbocycles. The third-order valence-electron chi connectivity index (χ3n) is 1.15. The zero-order valence-corrected chi connectivity index (χ0v) is 8.38. The van der Waals surface area contributed by atoms with Crippen molar-refractivity contribution in [3.05, 3.63) is 0 Å². The number of carbonyl (C=O) groups excluding carboxylic acids is 1. The molecule has 0 aromatic rings. The molecule has 5 nitrogen and oxygen atoms in total. The average Bonchev–Trinajstić information content (AvgIpc) is 1.98. The predicted octanol–water partition coefficient (Wildman–Crippen LogP) is 0.159. The second-order valence-electron chi connectivity index (χ2n) is 2.44. The molecule has 0 aliphatic rings. The number of hydrogen-bond acceptors (Lipinski definition) is 5. The van der Waals surface area contributed by atoms with Crippen molar-refractivity contribution in [3.63, 3.8) is 0 Å². The lowest BCUT2D eigenvalue weighted by Gasteiger charge is -2.12. The standard InChI is InChI=1S/C6H10F2O5S/c1-12-6(9)4(3-5(7)8)13-14(2,10)11/h4-5H,3H2,1-2H3. The van der Waals surface area contributed by atoms with Gasteiger partial charge in [0, 0.05) is 6.42 Å². The van der Waals surface area contributed by atoms with Crippen LogP contribution in [0.25, 0.3) is 0 Å². The molecule has 0 saturated heterocycles. The van der Waals surface area contributed by atoms with Crippen molar-refractivity contribution in [2.75, 3.05) is 13.4 Å². The van der Waals surface area contributed by atoms with Gasteiger partial charge in [0.15, 0.2) is 6.10 Å². The summed E-state index contributed by atoms with van der Waals surface area (Å²) in [5, 5.41) is 0. The summed E-state index contributed by atoms with van der Waals surface area (Å²) in [6, 6.07) is 0. The molecule has 0 aliphatic carbocycles. The Morgan fingerprint density at radius 2 is 1.93 bits per heavy atom. The number of alkyl halides is 2. The number of halogens is 2. The molecule has 0 aromatic heterocycles. The third kappa shape index (κ3) is 5.81. The number of carbonyl (C=O) groups is 1. The quantitative estimate of drug-likeness (QED) is 0.499. The summed E-state index contributed by atoms with van der Waals surface area (Å²) in [6.07, 6.45) is -4.98. The van der Waals surface area contributed by atoms with Gasteiger partial charge in [-0.2, -0.15) is 8.42 Å². The Morgan fingerprint density at radius 3 is 2.21 bits per heavy atom. The van der Waals surface area contributed by atoms with Crippen LogP contribution in [0.4, 0.5) is 8.78 Å². The van der Waals surface area contributed by atoms with E-state index in [2.05, 4.69) is 8.92 Å². The van der Waals surface area contributed by atoms with Crippen LogP contribution < -0.4 is 0 Å². The first kappa shape index (κ1) is 13.2. The Bertz CT molecular complexity index is 287. The molecule has 14 heavy (non-hydrogen) atoms. The van der Waals surface area contributed by atoms with E-state index >= 15 is 0 Å². The Kier molecular flexibility index (Phi) is 4.92. The highest BCUT2D eigenvalue weighted by atomic mass is 32.2. The van der Waals surface area contributed by atoms with Gasteiger partial charge in [0.1, 0.15) is 0 Å². The number of hydrogen-bond donors (Lipinski definition) is 0. The van der Waals surface area contributed by atoms with Crippen LogP contribution in [0, 0.1) is 0 Å². The van der Waals surface area contributed by atoms with Gasteiger partial charge in [-0.3, -0.25) is 4.18 Å². The number of esters is 1. The van der Waals surface area contributed by atoms with Crippen molar-refractivity contribution in [1.82, 2.24) is 0 Å². The van der Waals surface area contributed by atoms with Crippen LogP contribution in [0.3, 0.4) is 0 Å². The predicted molar refractivity (Wildman–Crippen MR) is 42.4 cm³/mol. The lowest BCUT2D eigenvalue weighted by molar-refractivity contribution is -0.150. The van der Waals surface area contributed by atoms with Crippen LogP contribution in [0.2, 0.25) is 0 Å². The van der Waals surface area contributed by atoms with Crippen LogP contribution in [0.5, 0.6) is 0 Å².